The van der Waals surface area contributed by atoms with Crippen LogP contribution in [0.4, 0.5) is 4.79 Å². The summed E-state index contributed by atoms with van der Waals surface area (Å²) >= 11 is 0. The van der Waals surface area contributed by atoms with Crippen molar-refractivity contribution in [2.24, 2.45) is 40.5 Å². The molecule has 2 aromatic rings. The van der Waals surface area contributed by atoms with E-state index < -0.39 is 112 Å². The van der Waals surface area contributed by atoms with E-state index in [4.69, 9.17) is 33.4 Å². The Bertz CT molecular complexity index is 3160. The highest BCUT2D eigenvalue weighted by molar-refractivity contribution is 6.35. The van der Waals surface area contributed by atoms with E-state index in [0.717, 1.165) is 6.54 Å². The molecule has 5 aliphatic rings. The largest absolute Gasteiger partial charge is 0.507 e. The highest BCUT2D eigenvalue weighted by atomic mass is 16.7. The first-order chi connectivity index (χ1) is 39.9. The monoisotopic (exact) mass is 1180 g/mol. The second-order valence-corrected chi connectivity index (χ2v) is 24.1. The number of aliphatic hydroxyl groups excluding tert-OH is 2. The number of aryl methyl sites for hydroxylation is 2. The molecule has 460 valence electrons. The lowest BCUT2D eigenvalue weighted by molar-refractivity contribution is -0.160. The molecular formula is C64H82N4O17. The number of fused-ring (bicyclic) bond motifs is 3. The number of nitrogens with one attached hydrogen (secondary N) is 1. The molecule has 2 aromatic carbocycles. The first-order valence-electron chi connectivity index (χ1n) is 29.0. The second-order valence-electron chi connectivity index (χ2n) is 24.1. The van der Waals surface area contributed by atoms with E-state index in [1.807, 2.05) is 0 Å². The Kier molecular flexibility index (Phi) is 20.0. The number of aromatic hydroxyl groups is 1. The average Bonchev–Trinajstić information content (AvgIpc) is 1.72. The molecule has 1 saturated heterocycles. The van der Waals surface area contributed by atoms with Gasteiger partial charge in [0.15, 0.2) is 0 Å². The van der Waals surface area contributed by atoms with E-state index in [2.05, 4.69) is 24.1 Å². The molecule has 9 unspecified atom stereocenters. The summed E-state index contributed by atoms with van der Waals surface area (Å²) in [5.74, 6) is -10.5. The van der Waals surface area contributed by atoms with Gasteiger partial charge in [-0.2, -0.15) is 0 Å². The standard InChI is InChI=1S/C64H82N4O17/c1-31(2)29-67-24-22-64(23-25-67)66-50-47-48-55(75)39(10)59-49(47)60(77)63(14,85-59)82-26-21-45(80-15)36(7)58(83-42(13)71)38(9)54(74)37(8)53(73)32(3)17-16-18-33(4)61(78)65-51(56(48)76)52(50)68(64)62(79)81-30-43-27-34(5)57(35(6)28-43)84-46(72)20-19-44(40(11)69)41(12)70/h16-18,21,26-28,31-32,36-38,44-45,53-54,58,73-75H,19-20,22-25,29-30H2,1-15H3,(H,65,78). The van der Waals surface area contributed by atoms with Gasteiger partial charge < -0.3 is 54.0 Å². The van der Waals surface area contributed by atoms with Crippen LogP contribution in [-0.4, -0.2) is 141 Å². The highest BCUT2D eigenvalue weighted by Gasteiger charge is 2.58. The summed E-state index contributed by atoms with van der Waals surface area (Å²) in [6, 6.07) is 3.34. The van der Waals surface area contributed by atoms with Crippen molar-refractivity contribution >= 4 is 52.8 Å². The number of ether oxygens (including phenoxy) is 6. The Morgan fingerprint density at radius 1 is 0.871 bits per heavy atom. The van der Waals surface area contributed by atoms with Crippen LogP contribution in [0, 0.1) is 56.3 Å². The summed E-state index contributed by atoms with van der Waals surface area (Å²) in [4.78, 5) is 119. The van der Waals surface area contributed by atoms with Crippen molar-refractivity contribution in [1.82, 2.24) is 15.1 Å². The number of phenols is 1. The second kappa shape index (κ2) is 26.1. The molecule has 4 N–H and O–H groups in total. The summed E-state index contributed by atoms with van der Waals surface area (Å²) in [7, 11) is 1.42. The Labute approximate surface area is 496 Å². The molecule has 1 fully saturated rings. The van der Waals surface area contributed by atoms with E-state index in [1.54, 1.807) is 65.8 Å². The van der Waals surface area contributed by atoms with Gasteiger partial charge in [-0.1, -0.05) is 59.8 Å². The lowest BCUT2D eigenvalue weighted by Gasteiger charge is -2.43. The van der Waals surface area contributed by atoms with E-state index in [1.165, 1.54) is 72.0 Å². The van der Waals surface area contributed by atoms with Crippen LogP contribution in [0.5, 0.6) is 17.2 Å². The van der Waals surface area contributed by atoms with E-state index in [0.29, 0.717) is 29.8 Å². The smallest absolute Gasteiger partial charge is 0.416 e. The van der Waals surface area contributed by atoms with Crippen molar-refractivity contribution in [3.05, 3.63) is 98.6 Å². The van der Waals surface area contributed by atoms with Gasteiger partial charge >= 0.3 is 23.8 Å². The van der Waals surface area contributed by atoms with Crippen LogP contribution in [0.2, 0.25) is 0 Å². The number of piperidine rings is 1. The molecule has 2 amide bonds. The molecule has 21 heteroatoms. The van der Waals surface area contributed by atoms with Crippen LogP contribution in [0.25, 0.3) is 0 Å². The van der Waals surface area contributed by atoms with E-state index >= 15 is 14.4 Å². The maximum atomic E-state index is 15.6. The maximum absolute atomic E-state index is 15.6. The Hall–Kier alpha value is -7.33. The van der Waals surface area contributed by atoms with Crippen molar-refractivity contribution in [3.8, 4) is 17.2 Å². The molecule has 4 aliphatic heterocycles. The molecule has 1 spiro atoms. The number of likely N-dealkylation sites (tertiary alicyclic amines) is 1. The molecule has 21 nitrogen and oxygen atoms in total. The Morgan fingerprint density at radius 3 is 2.09 bits per heavy atom. The predicted octanol–water partition coefficient (Wildman–Crippen LogP) is 7.76. The lowest BCUT2D eigenvalue weighted by Crippen LogP contribution is -2.55. The van der Waals surface area contributed by atoms with Crippen LogP contribution >= 0.6 is 0 Å². The minimum atomic E-state index is -2.16. The fraction of sp³-hybridized carbons (Fsp3) is 0.547. The summed E-state index contributed by atoms with van der Waals surface area (Å²) < 4.78 is 36.2. The van der Waals surface area contributed by atoms with Crippen molar-refractivity contribution in [2.45, 2.75) is 165 Å². The molecule has 7 rings (SSSR count). The third-order valence-corrected chi connectivity index (χ3v) is 17.1. The number of carbonyl (C=O) groups excluding carboxylic acids is 8. The minimum Gasteiger partial charge on any atom is -0.507 e. The predicted molar refractivity (Wildman–Crippen MR) is 311 cm³/mol. The fourth-order valence-electron chi connectivity index (χ4n) is 12.3. The number of hydrogen-bond donors (Lipinski definition) is 4. The highest BCUT2D eigenvalue weighted by Crippen LogP contribution is 2.53. The van der Waals surface area contributed by atoms with Crippen LogP contribution < -0.4 is 14.8 Å². The van der Waals surface area contributed by atoms with Gasteiger partial charge in [0.25, 0.3) is 11.7 Å². The first-order valence-corrected chi connectivity index (χ1v) is 29.0. The summed E-state index contributed by atoms with van der Waals surface area (Å²) in [5, 5.41) is 38.4. The van der Waals surface area contributed by atoms with Crippen LogP contribution in [0.15, 0.2) is 64.7 Å². The van der Waals surface area contributed by atoms with E-state index in [-0.39, 0.29) is 101 Å². The van der Waals surface area contributed by atoms with Gasteiger partial charge in [-0.15, -0.1) is 0 Å². The molecule has 5 bridgehead atoms. The van der Waals surface area contributed by atoms with Gasteiger partial charge in [0.1, 0.15) is 58.6 Å². The van der Waals surface area contributed by atoms with Crippen LogP contribution in [-0.2, 0) is 49.5 Å². The third-order valence-electron chi connectivity index (χ3n) is 17.1. The third kappa shape index (κ3) is 13.2. The molecular weight excluding hydrogens is 1100 g/mol. The number of rotatable bonds is 12. The van der Waals surface area contributed by atoms with Crippen LogP contribution in [0.1, 0.15) is 150 Å². The zero-order valence-corrected chi connectivity index (χ0v) is 51.4. The van der Waals surface area contributed by atoms with Gasteiger partial charge in [0.05, 0.1) is 47.3 Å². The number of methoxy groups -OCH3 is 1. The number of aliphatic hydroxyl groups is 2. The molecule has 1 aliphatic carbocycles. The number of amides is 2. The van der Waals surface area contributed by atoms with Crippen molar-refractivity contribution in [3.63, 3.8) is 0 Å². The topological polar surface area (TPSA) is 283 Å². The Morgan fingerprint density at radius 2 is 1.51 bits per heavy atom. The minimum absolute atomic E-state index is 0.00499. The number of phenolic OH excluding ortho intramolecular Hbond substituents is 1. The molecule has 0 aromatic heterocycles. The number of hydrogen-bond acceptors (Lipinski definition) is 19. The summed E-state index contributed by atoms with van der Waals surface area (Å²) in [5.41, 5.74) is -1.34. The average molecular weight is 1180 g/mol. The maximum Gasteiger partial charge on any atom is 0.416 e. The molecule has 4 heterocycles. The number of allylic oxidation sites excluding steroid dienone is 4. The van der Waals surface area contributed by atoms with Gasteiger partial charge in [-0.05, 0) is 88.8 Å². The molecule has 0 radical (unpaired) electrons. The fourth-order valence-corrected chi connectivity index (χ4v) is 12.3. The number of nitrogens with zero attached hydrogens (tertiary/aromatic N) is 3. The number of aliphatic imine (C=N–C) groups is 1. The van der Waals surface area contributed by atoms with Gasteiger partial charge in [0.2, 0.25) is 5.78 Å². The zero-order chi connectivity index (χ0) is 62.9. The normalized spacial score (nSPS) is 26.2. The van der Waals surface area contributed by atoms with Gasteiger partial charge in [0, 0.05) is 100 Å². The van der Waals surface area contributed by atoms with Gasteiger partial charge in [-0.3, -0.25) is 38.6 Å². The number of ketones is 4. The summed E-state index contributed by atoms with van der Waals surface area (Å²) in [6.45, 7) is 23.8. The zero-order valence-electron chi connectivity index (χ0n) is 51.4. The molecule has 9 atom stereocenters. The molecule has 85 heavy (non-hydrogen) atoms. The quantitative estimate of drug-likeness (QED) is 0.0897. The van der Waals surface area contributed by atoms with Gasteiger partial charge in [-0.25, -0.2) is 9.69 Å². The molecule has 0 saturated carbocycles. The SMILES string of the molecule is COC1C=COC2(C)Oc3c(C)c(O)c4c(c3C2=O)C2=NC3(CCN(CC(C)C)CC3)N(C(=O)OCc3cc(C)c(OC(=O)CCC(C(C)=O)C(C)=O)c(C)c3)C2=C(NC(=O)C(C)=CC=CC(C)C(O)C(C)C(O)C(C)C(OC(C)=O)C1C)C4=O. The van der Waals surface area contributed by atoms with Crippen molar-refractivity contribution in [1.29, 1.82) is 0 Å². The number of Topliss-reactive ketones (excluding diaryl/α,β-unsaturated/α-hetero) is 4. The first kappa shape index (κ1) is 65.2. The lowest BCUT2D eigenvalue weighted by atomic mass is 9.78. The number of carbonyl (C=O) groups is 8. The summed E-state index contributed by atoms with van der Waals surface area (Å²) in [6.07, 6.45) is 2.41. The van der Waals surface area contributed by atoms with Crippen molar-refractivity contribution < 1.29 is 82.1 Å². The van der Waals surface area contributed by atoms with E-state index in [9.17, 15) is 39.3 Å². The Balaban J connectivity index is 1.36. The number of esters is 2. The van der Waals surface area contributed by atoms with Crippen LogP contribution in [0.3, 0.4) is 0 Å². The number of benzene rings is 2. The van der Waals surface area contributed by atoms with Crippen molar-refractivity contribution in [2.75, 3.05) is 26.7 Å².